The highest BCUT2D eigenvalue weighted by molar-refractivity contribution is 9.10. The van der Waals surface area contributed by atoms with Crippen LogP contribution >= 0.6 is 15.9 Å². The van der Waals surface area contributed by atoms with Gasteiger partial charge in [-0.25, -0.2) is 17.5 Å². The van der Waals surface area contributed by atoms with E-state index in [9.17, 15) is 12.8 Å². The van der Waals surface area contributed by atoms with E-state index in [2.05, 4.69) is 25.8 Å². The molecule has 114 valence electrons. The molecule has 0 amide bonds. The van der Waals surface area contributed by atoms with Crippen molar-refractivity contribution in [3.8, 4) is 0 Å². The van der Waals surface area contributed by atoms with Crippen LogP contribution in [0.1, 0.15) is 24.2 Å². The summed E-state index contributed by atoms with van der Waals surface area (Å²) in [5.74, 6) is -0.799. The average molecular weight is 376 g/mol. The molecular formula is C13H15BrFN3O2S. The summed E-state index contributed by atoms with van der Waals surface area (Å²) in [6.45, 7) is 3.53. The lowest BCUT2D eigenvalue weighted by Gasteiger charge is -2.14. The van der Waals surface area contributed by atoms with Gasteiger partial charge in [0.25, 0.3) is 0 Å². The Morgan fingerprint density at radius 3 is 2.62 bits per heavy atom. The quantitative estimate of drug-likeness (QED) is 0.893. The van der Waals surface area contributed by atoms with Crippen molar-refractivity contribution < 1.29 is 12.8 Å². The van der Waals surface area contributed by atoms with Crippen molar-refractivity contribution in [1.29, 1.82) is 0 Å². The summed E-state index contributed by atoms with van der Waals surface area (Å²) in [7, 11) is -2.17. The molecule has 5 nitrogen and oxygen atoms in total. The summed E-state index contributed by atoms with van der Waals surface area (Å²) in [4.78, 5) is -0.376. The van der Waals surface area contributed by atoms with Crippen molar-refractivity contribution in [1.82, 2.24) is 14.5 Å². The second-order valence-corrected chi connectivity index (χ2v) is 7.32. The highest BCUT2D eigenvalue weighted by atomic mass is 79.9. The number of aryl methyl sites for hydroxylation is 1. The number of nitrogens with zero attached hydrogens (tertiary/aromatic N) is 2. The van der Waals surface area contributed by atoms with Crippen LogP contribution < -0.4 is 4.72 Å². The van der Waals surface area contributed by atoms with E-state index in [1.54, 1.807) is 24.9 Å². The smallest absolute Gasteiger partial charge is 0.244 e. The van der Waals surface area contributed by atoms with Gasteiger partial charge in [0.2, 0.25) is 10.0 Å². The van der Waals surface area contributed by atoms with Crippen LogP contribution in [0.15, 0.2) is 33.8 Å². The molecule has 1 unspecified atom stereocenters. The van der Waals surface area contributed by atoms with E-state index in [0.717, 1.165) is 17.3 Å². The molecular weight excluding hydrogens is 361 g/mol. The highest BCUT2D eigenvalue weighted by Gasteiger charge is 2.23. The zero-order valence-corrected chi connectivity index (χ0v) is 14.2. The van der Waals surface area contributed by atoms with Crippen LogP contribution in [-0.2, 0) is 17.1 Å². The first-order chi connectivity index (χ1) is 9.72. The van der Waals surface area contributed by atoms with E-state index in [4.69, 9.17) is 0 Å². The molecule has 0 radical (unpaired) electrons. The monoisotopic (exact) mass is 375 g/mol. The van der Waals surface area contributed by atoms with Crippen LogP contribution in [-0.4, -0.2) is 18.2 Å². The Morgan fingerprint density at radius 2 is 2.10 bits per heavy atom. The summed E-state index contributed by atoms with van der Waals surface area (Å²) >= 11 is 3.10. The van der Waals surface area contributed by atoms with E-state index in [0.29, 0.717) is 4.47 Å². The minimum absolute atomic E-state index is 0.376. The van der Waals surface area contributed by atoms with Gasteiger partial charge in [-0.15, -0.1) is 0 Å². The number of hydrogen-bond donors (Lipinski definition) is 1. The molecule has 1 N–H and O–H groups in total. The summed E-state index contributed by atoms with van der Waals surface area (Å²) < 4.78 is 43.0. The topological polar surface area (TPSA) is 64.0 Å². The molecule has 0 saturated carbocycles. The lowest BCUT2D eigenvalue weighted by molar-refractivity contribution is 0.546. The molecule has 1 atom stereocenters. The van der Waals surface area contributed by atoms with Crippen LogP contribution in [0.25, 0.3) is 0 Å². The predicted molar refractivity (Wildman–Crippen MR) is 80.8 cm³/mol. The second kappa shape index (κ2) is 5.86. The maximum atomic E-state index is 13.8. The second-order valence-electron chi connectivity index (χ2n) is 4.73. The maximum absolute atomic E-state index is 13.8. The number of hydrogen-bond acceptors (Lipinski definition) is 3. The van der Waals surface area contributed by atoms with Gasteiger partial charge >= 0.3 is 0 Å². The van der Waals surface area contributed by atoms with E-state index in [-0.39, 0.29) is 4.90 Å². The minimum Gasteiger partial charge on any atom is -0.273 e. The molecule has 2 rings (SSSR count). The number of halogens is 2. The van der Waals surface area contributed by atoms with Gasteiger partial charge in [0.05, 0.1) is 6.20 Å². The van der Waals surface area contributed by atoms with Gasteiger partial charge in [0.15, 0.2) is 0 Å². The summed E-state index contributed by atoms with van der Waals surface area (Å²) in [6.07, 6.45) is 1.60. The van der Waals surface area contributed by atoms with Crippen LogP contribution in [0.4, 0.5) is 4.39 Å². The first-order valence-electron chi connectivity index (χ1n) is 6.18. The summed E-state index contributed by atoms with van der Waals surface area (Å²) in [6, 6.07) is 3.32. The number of rotatable bonds is 4. The Bertz CT molecular complexity index is 774. The van der Waals surface area contributed by atoms with Gasteiger partial charge < -0.3 is 0 Å². The molecule has 1 aromatic heterocycles. The van der Waals surface area contributed by atoms with Crippen LogP contribution in [0.5, 0.6) is 0 Å². The Hall–Kier alpha value is -1.25. The van der Waals surface area contributed by atoms with Gasteiger partial charge in [-0.1, -0.05) is 15.9 Å². The van der Waals surface area contributed by atoms with Crippen molar-refractivity contribution in [3.05, 3.63) is 45.9 Å². The number of aromatic nitrogens is 2. The lowest BCUT2D eigenvalue weighted by atomic mass is 10.1. The van der Waals surface area contributed by atoms with Gasteiger partial charge in [-0.2, -0.15) is 5.10 Å². The van der Waals surface area contributed by atoms with E-state index >= 15 is 0 Å². The first-order valence-corrected chi connectivity index (χ1v) is 8.46. The van der Waals surface area contributed by atoms with Crippen LogP contribution in [0, 0.1) is 12.7 Å². The number of sulfonamides is 1. The fourth-order valence-electron chi connectivity index (χ4n) is 1.99. The van der Waals surface area contributed by atoms with E-state index in [1.807, 2.05) is 6.92 Å². The minimum atomic E-state index is -3.95. The molecule has 0 aliphatic carbocycles. The van der Waals surface area contributed by atoms with Crippen molar-refractivity contribution in [3.63, 3.8) is 0 Å². The normalized spacial score (nSPS) is 13.4. The molecule has 21 heavy (non-hydrogen) atoms. The van der Waals surface area contributed by atoms with Gasteiger partial charge in [0.1, 0.15) is 10.7 Å². The summed E-state index contributed by atoms with van der Waals surface area (Å²) in [5.41, 5.74) is 1.60. The third kappa shape index (κ3) is 3.33. The molecule has 1 aromatic carbocycles. The Morgan fingerprint density at radius 1 is 1.43 bits per heavy atom. The predicted octanol–water partition coefficient (Wildman–Crippen LogP) is 2.67. The van der Waals surface area contributed by atoms with Crippen molar-refractivity contribution in [2.45, 2.75) is 24.8 Å². The Balaban J connectivity index is 2.31. The lowest BCUT2D eigenvalue weighted by Crippen LogP contribution is -2.28. The van der Waals surface area contributed by atoms with Crippen molar-refractivity contribution >= 4 is 26.0 Å². The first kappa shape index (κ1) is 16.1. The standard InChI is InChI=1S/C13H15BrFN3O2S/c1-8(11-7-16-18(3)9(11)2)17-21(19,20)13-5-4-10(14)6-12(13)15/h4-8,17H,1-3H3. The zero-order valence-electron chi connectivity index (χ0n) is 11.8. The molecule has 0 spiro atoms. The van der Waals surface area contributed by atoms with Gasteiger partial charge in [0, 0.05) is 28.8 Å². The fourth-order valence-corrected chi connectivity index (χ4v) is 3.61. The molecule has 2 aromatic rings. The van der Waals surface area contributed by atoms with Crippen LogP contribution in [0.2, 0.25) is 0 Å². The molecule has 0 saturated heterocycles. The van der Waals surface area contributed by atoms with Crippen LogP contribution in [0.3, 0.4) is 0 Å². The number of benzene rings is 1. The molecule has 0 fully saturated rings. The Labute approximate surface area is 131 Å². The highest BCUT2D eigenvalue weighted by Crippen LogP contribution is 2.23. The molecule has 8 heteroatoms. The van der Waals surface area contributed by atoms with Gasteiger partial charge in [-0.3, -0.25) is 4.68 Å². The van der Waals surface area contributed by atoms with E-state index < -0.39 is 21.9 Å². The summed E-state index contributed by atoms with van der Waals surface area (Å²) in [5, 5.41) is 4.07. The third-order valence-corrected chi connectivity index (χ3v) is 5.32. The molecule has 0 bridgehead atoms. The number of nitrogens with one attached hydrogen (secondary N) is 1. The van der Waals surface area contributed by atoms with E-state index in [1.165, 1.54) is 12.1 Å². The average Bonchev–Trinajstić information content (AvgIpc) is 2.68. The van der Waals surface area contributed by atoms with Gasteiger partial charge in [-0.05, 0) is 32.0 Å². The molecule has 0 aliphatic heterocycles. The van der Waals surface area contributed by atoms with Crippen molar-refractivity contribution in [2.75, 3.05) is 0 Å². The Kier molecular flexibility index (Phi) is 4.50. The van der Waals surface area contributed by atoms with Crippen molar-refractivity contribution in [2.24, 2.45) is 7.05 Å². The third-order valence-electron chi connectivity index (χ3n) is 3.26. The largest absolute Gasteiger partial charge is 0.273 e. The molecule has 0 aliphatic rings. The zero-order chi connectivity index (χ0) is 15.8. The SMILES string of the molecule is Cc1c(C(C)NS(=O)(=O)c2ccc(Br)cc2F)cnn1C. The fraction of sp³-hybridized carbons (Fsp3) is 0.308. The maximum Gasteiger partial charge on any atom is 0.244 e. The molecule has 1 heterocycles.